The van der Waals surface area contributed by atoms with Crippen LogP contribution in [0.4, 0.5) is 0 Å². The molecule has 0 aliphatic carbocycles. The summed E-state index contributed by atoms with van der Waals surface area (Å²) < 4.78 is 35.9. The lowest BCUT2D eigenvalue weighted by Gasteiger charge is -2.18. The number of methoxy groups -OCH3 is 1. The van der Waals surface area contributed by atoms with E-state index in [0.29, 0.717) is 30.1 Å². The van der Waals surface area contributed by atoms with Gasteiger partial charge in [0.05, 0.1) is 32.7 Å². The molecule has 2 rings (SSSR count). The van der Waals surface area contributed by atoms with Gasteiger partial charge in [-0.25, -0.2) is 13.8 Å². The van der Waals surface area contributed by atoms with E-state index in [1.165, 1.54) is 13.3 Å². The third kappa shape index (κ3) is 7.49. The van der Waals surface area contributed by atoms with E-state index in [9.17, 15) is 13.2 Å². The fourth-order valence-electron chi connectivity index (χ4n) is 2.67. The maximum absolute atomic E-state index is 12.2. The largest absolute Gasteiger partial charge is 0.493 e. The molecule has 0 spiro atoms. The van der Waals surface area contributed by atoms with Gasteiger partial charge >= 0.3 is 0 Å². The second kappa shape index (κ2) is 11.3. The molecule has 0 aromatic heterocycles. The number of hydrogen-bond donors (Lipinski definition) is 1. The predicted octanol–water partition coefficient (Wildman–Crippen LogP) is 2.05. The first-order chi connectivity index (χ1) is 14.3. The molecule has 1 N–H and O–H groups in total. The number of carbonyl (C=O) groups excluding carboxylic acids is 1. The van der Waals surface area contributed by atoms with Crippen molar-refractivity contribution in [1.82, 2.24) is 9.73 Å². The SMILES string of the molecule is CCOc1ccc(C=NNC(=O)CN(CCc2ccccc2)S(C)(=O)=O)cc1OC. The normalized spacial score (nSPS) is 11.6. The molecule has 0 unspecified atom stereocenters. The standard InChI is InChI=1S/C21H27N3O5S/c1-4-29-19-11-10-18(14-20(19)28-2)15-22-23-21(25)16-24(30(3,26)27)13-12-17-8-6-5-7-9-17/h5-11,14-15H,4,12-13,16H2,1-3H3,(H,23,25). The van der Waals surface area contributed by atoms with Crippen molar-refractivity contribution in [2.45, 2.75) is 13.3 Å². The molecule has 0 aliphatic heterocycles. The summed E-state index contributed by atoms with van der Waals surface area (Å²) >= 11 is 0. The van der Waals surface area contributed by atoms with Gasteiger partial charge in [-0.1, -0.05) is 30.3 Å². The van der Waals surface area contributed by atoms with Crippen LogP contribution in [0.1, 0.15) is 18.1 Å². The number of ether oxygens (including phenoxy) is 2. The van der Waals surface area contributed by atoms with Gasteiger partial charge in [0, 0.05) is 6.54 Å². The average Bonchev–Trinajstić information content (AvgIpc) is 2.72. The van der Waals surface area contributed by atoms with Crippen LogP contribution in [0.25, 0.3) is 0 Å². The first-order valence-electron chi connectivity index (χ1n) is 9.45. The molecule has 0 saturated heterocycles. The van der Waals surface area contributed by atoms with Gasteiger partial charge in [0.25, 0.3) is 5.91 Å². The van der Waals surface area contributed by atoms with Gasteiger partial charge in [-0.2, -0.15) is 9.41 Å². The fraction of sp³-hybridized carbons (Fsp3) is 0.333. The van der Waals surface area contributed by atoms with Crippen molar-refractivity contribution in [3.05, 3.63) is 59.7 Å². The second-order valence-electron chi connectivity index (χ2n) is 6.47. The van der Waals surface area contributed by atoms with E-state index >= 15 is 0 Å². The molecule has 9 heteroatoms. The van der Waals surface area contributed by atoms with Gasteiger partial charge in [-0.05, 0) is 42.7 Å². The summed E-state index contributed by atoms with van der Waals surface area (Å²) in [6, 6.07) is 14.7. The molecule has 0 aliphatic rings. The van der Waals surface area contributed by atoms with Crippen molar-refractivity contribution in [3.8, 4) is 11.5 Å². The summed E-state index contributed by atoms with van der Waals surface area (Å²) in [6.07, 6.45) is 3.04. The number of sulfonamides is 1. The number of hydrazone groups is 1. The number of nitrogens with one attached hydrogen (secondary N) is 1. The summed E-state index contributed by atoms with van der Waals surface area (Å²) in [5, 5.41) is 3.90. The Labute approximate surface area is 177 Å². The monoisotopic (exact) mass is 433 g/mol. The maximum Gasteiger partial charge on any atom is 0.255 e. The van der Waals surface area contributed by atoms with Gasteiger partial charge in [0.15, 0.2) is 11.5 Å². The van der Waals surface area contributed by atoms with Gasteiger partial charge < -0.3 is 9.47 Å². The Morgan fingerprint density at radius 3 is 2.53 bits per heavy atom. The Bertz CT molecular complexity index is 962. The minimum absolute atomic E-state index is 0.204. The third-order valence-electron chi connectivity index (χ3n) is 4.17. The number of amides is 1. The zero-order valence-corrected chi connectivity index (χ0v) is 18.2. The van der Waals surface area contributed by atoms with Crippen LogP contribution in [0.5, 0.6) is 11.5 Å². The molecule has 0 atom stereocenters. The lowest BCUT2D eigenvalue weighted by Crippen LogP contribution is -2.40. The molecule has 1 amide bonds. The minimum atomic E-state index is -3.54. The summed E-state index contributed by atoms with van der Waals surface area (Å²) in [4.78, 5) is 12.2. The maximum atomic E-state index is 12.2. The third-order valence-corrected chi connectivity index (χ3v) is 5.42. The van der Waals surface area contributed by atoms with Crippen LogP contribution in [0.3, 0.4) is 0 Å². The Hall–Kier alpha value is -2.91. The molecule has 2 aromatic carbocycles. The average molecular weight is 434 g/mol. The molecule has 0 bridgehead atoms. The zero-order chi connectivity index (χ0) is 22.0. The highest BCUT2D eigenvalue weighted by Gasteiger charge is 2.19. The van der Waals surface area contributed by atoms with E-state index in [-0.39, 0.29) is 13.1 Å². The Morgan fingerprint density at radius 2 is 1.90 bits per heavy atom. The summed E-state index contributed by atoms with van der Waals surface area (Å²) in [6.45, 7) is 2.29. The first-order valence-corrected chi connectivity index (χ1v) is 11.3. The quantitative estimate of drug-likeness (QED) is 0.432. The van der Waals surface area contributed by atoms with Crippen molar-refractivity contribution in [3.63, 3.8) is 0 Å². The van der Waals surface area contributed by atoms with Crippen molar-refractivity contribution in [2.24, 2.45) is 5.10 Å². The second-order valence-corrected chi connectivity index (χ2v) is 8.45. The van der Waals surface area contributed by atoms with Crippen LogP contribution >= 0.6 is 0 Å². The van der Waals surface area contributed by atoms with Crippen molar-refractivity contribution >= 4 is 22.1 Å². The molecule has 0 saturated carbocycles. The zero-order valence-electron chi connectivity index (χ0n) is 17.4. The van der Waals surface area contributed by atoms with Crippen LogP contribution in [0.15, 0.2) is 53.6 Å². The van der Waals surface area contributed by atoms with E-state index in [4.69, 9.17) is 9.47 Å². The van der Waals surface area contributed by atoms with E-state index in [1.54, 1.807) is 18.2 Å². The summed E-state index contributed by atoms with van der Waals surface area (Å²) in [5.74, 6) is 0.641. The molecule has 2 aromatic rings. The van der Waals surface area contributed by atoms with E-state index in [0.717, 1.165) is 16.1 Å². The van der Waals surface area contributed by atoms with E-state index in [2.05, 4.69) is 10.5 Å². The van der Waals surface area contributed by atoms with Crippen LogP contribution in [-0.4, -0.2) is 57.9 Å². The van der Waals surface area contributed by atoms with Gasteiger partial charge in [0.1, 0.15) is 0 Å². The number of benzene rings is 2. The molecule has 0 heterocycles. The molecule has 30 heavy (non-hydrogen) atoms. The molecule has 0 radical (unpaired) electrons. The Morgan fingerprint density at radius 1 is 1.17 bits per heavy atom. The highest BCUT2D eigenvalue weighted by molar-refractivity contribution is 7.88. The lowest BCUT2D eigenvalue weighted by molar-refractivity contribution is -0.121. The fourth-order valence-corrected chi connectivity index (χ4v) is 3.45. The molecule has 0 fully saturated rings. The Kier molecular flexibility index (Phi) is 8.82. The Balaban J connectivity index is 1.95. The predicted molar refractivity (Wildman–Crippen MR) is 116 cm³/mol. The molecule has 162 valence electrons. The smallest absolute Gasteiger partial charge is 0.255 e. The first kappa shape index (κ1) is 23.4. The molecule has 8 nitrogen and oxygen atoms in total. The topological polar surface area (TPSA) is 97.3 Å². The summed E-state index contributed by atoms with van der Waals surface area (Å²) in [5.41, 5.74) is 4.05. The molecular weight excluding hydrogens is 406 g/mol. The van der Waals surface area contributed by atoms with Crippen molar-refractivity contribution in [2.75, 3.05) is 33.1 Å². The highest BCUT2D eigenvalue weighted by atomic mass is 32.2. The number of nitrogens with zero attached hydrogens (tertiary/aromatic N) is 2. The molecular formula is C21H27N3O5S. The van der Waals surface area contributed by atoms with E-state index in [1.807, 2.05) is 37.3 Å². The van der Waals surface area contributed by atoms with Gasteiger partial charge in [0.2, 0.25) is 10.0 Å². The van der Waals surface area contributed by atoms with Crippen LogP contribution in [0, 0.1) is 0 Å². The number of hydrogen-bond acceptors (Lipinski definition) is 6. The van der Waals surface area contributed by atoms with Crippen LogP contribution in [0.2, 0.25) is 0 Å². The van der Waals surface area contributed by atoms with Crippen LogP contribution in [-0.2, 0) is 21.2 Å². The van der Waals surface area contributed by atoms with E-state index < -0.39 is 15.9 Å². The number of carbonyl (C=O) groups is 1. The van der Waals surface area contributed by atoms with Crippen LogP contribution < -0.4 is 14.9 Å². The van der Waals surface area contributed by atoms with Gasteiger partial charge in [-0.15, -0.1) is 0 Å². The number of rotatable bonds is 11. The summed E-state index contributed by atoms with van der Waals surface area (Å²) in [7, 11) is -2.00. The van der Waals surface area contributed by atoms with Crippen molar-refractivity contribution in [1.29, 1.82) is 0 Å². The lowest BCUT2D eigenvalue weighted by atomic mass is 10.1. The highest BCUT2D eigenvalue weighted by Crippen LogP contribution is 2.27. The van der Waals surface area contributed by atoms with Crippen molar-refractivity contribution < 1.29 is 22.7 Å². The van der Waals surface area contributed by atoms with Gasteiger partial charge in [-0.3, -0.25) is 4.79 Å². The minimum Gasteiger partial charge on any atom is -0.493 e.